The molecule has 110 valence electrons. The van der Waals surface area contributed by atoms with Crippen LogP contribution in [0, 0.1) is 15.5 Å². The molecule has 5 nitrogen and oxygen atoms in total. The van der Waals surface area contributed by atoms with E-state index in [9.17, 15) is 10.1 Å². The minimum atomic E-state index is -0.506. The van der Waals surface area contributed by atoms with Gasteiger partial charge in [0.05, 0.1) is 4.92 Å². The van der Waals surface area contributed by atoms with Crippen molar-refractivity contribution in [1.82, 2.24) is 0 Å². The van der Waals surface area contributed by atoms with E-state index in [2.05, 4.69) is 13.8 Å². The van der Waals surface area contributed by atoms with Gasteiger partial charge < -0.3 is 10.5 Å². The lowest BCUT2D eigenvalue weighted by atomic mass is 9.59. The van der Waals surface area contributed by atoms with Crippen molar-refractivity contribution in [2.45, 2.75) is 45.3 Å². The number of ether oxygens (including phenoxy) is 1. The zero-order chi connectivity index (χ0) is 14.9. The third-order valence-corrected chi connectivity index (χ3v) is 4.86. The van der Waals surface area contributed by atoms with E-state index in [4.69, 9.17) is 22.1 Å². The molecule has 1 aromatic rings. The first kappa shape index (κ1) is 15.1. The molecule has 0 heterocycles. The third-order valence-electron chi connectivity index (χ3n) is 4.56. The average molecular weight is 299 g/mol. The number of nitrogens with zero attached hydrogens (tertiary/aromatic N) is 1. The van der Waals surface area contributed by atoms with E-state index in [0.717, 1.165) is 19.3 Å². The standard InChI is InChI=1S/C14H19ClN2O3/c1-3-14(4-2)12(16)8-13(14)20-9-5-6-11(17(18)19)10(15)7-9/h5-7,12-13H,3-4,8,16H2,1-2H3. The van der Waals surface area contributed by atoms with Gasteiger partial charge >= 0.3 is 0 Å². The van der Waals surface area contributed by atoms with Crippen LogP contribution in [0.3, 0.4) is 0 Å². The molecule has 0 saturated heterocycles. The summed E-state index contributed by atoms with van der Waals surface area (Å²) in [5.74, 6) is 0.559. The number of nitrogens with two attached hydrogens (primary N) is 1. The first-order valence-electron chi connectivity index (χ1n) is 6.80. The summed E-state index contributed by atoms with van der Waals surface area (Å²) in [6.45, 7) is 4.23. The zero-order valence-corrected chi connectivity index (χ0v) is 12.4. The Hall–Kier alpha value is -1.33. The number of halogens is 1. The van der Waals surface area contributed by atoms with Gasteiger partial charge in [-0.15, -0.1) is 0 Å². The lowest BCUT2D eigenvalue weighted by Crippen LogP contribution is -2.62. The summed E-state index contributed by atoms with van der Waals surface area (Å²) in [5, 5.41) is 10.8. The number of rotatable bonds is 5. The van der Waals surface area contributed by atoms with Crippen molar-refractivity contribution in [3.05, 3.63) is 33.3 Å². The van der Waals surface area contributed by atoms with Gasteiger partial charge in [0.25, 0.3) is 5.69 Å². The van der Waals surface area contributed by atoms with E-state index in [1.54, 1.807) is 6.07 Å². The van der Waals surface area contributed by atoms with Crippen molar-refractivity contribution in [2.75, 3.05) is 0 Å². The molecule has 2 N–H and O–H groups in total. The summed E-state index contributed by atoms with van der Waals surface area (Å²) >= 11 is 5.89. The highest BCUT2D eigenvalue weighted by Crippen LogP contribution is 2.48. The smallest absolute Gasteiger partial charge is 0.288 e. The molecule has 6 heteroatoms. The fourth-order valence-corrected chi connectivity index (χ4v) is 3.29. The number of hydrogen-bond donors (Lipinski definition) is 1. The van der Waals surface area contributed by atoms with E-state index >= 15 is 0 Å². The maximum absolute atomic E-state index is 10.7. The van der Waals surface area contributed by atoms with Gasteiger partial charge in [0.15, 0.2) is 0 Å². The third kappa shape index (κ3) is 2.36. The van der Waals surface area contributed by atoms with Crippen LogP contribution in [0.5, 0.6) is 5.75 Å². The van der Waals surface area contributed by atoms with Crippen LogP contribution < -0.4 is 10.5 Å². The number of nitro groups is 1. The number of hydrogen-bond acceptors (Lipinski definition) is 4. The quantitative estimate of drug-likeness (QED) is 0.666. The molecule has 0 aromatic heterocycles. The van der Waals surface area contributed by atoms with Crippen LogP contribution in [0.15, 0.2) is 18.2 Å². The van der Waals surface area contributed by atoms with Crippen LogP contribution in [0.1, 0.15) is 33.1 Å². The van der Waals surface area contributed by atoms with Crippen LogP contribution in [0.25, 0.3) is 0 Å². The second-order valence-electron chi connectivity index (χ2n) is 5.26. The summed E-state index contributed by atoms with van der Waals surface area (Å²) in [6, 6.07) is 4.61. The number of nitro benzene ring substituents is 1. The van der Waals surface area contributed by atoms with E-state index in [-0.39, 0.29) is 28.3 Å². The van der Waals surface area contributed by atoms with Gasteiger partial charge in [-0.1, -0.05) is 25.4 Å². The molecule has 2 atom stereocenters. The first-order chi connectivity index (χ1) is 9.44. The Morgan fingerprint density at radius 2 is 2.15 bits per heavy atom. The minimum Gasteiger partial charge on any atom is -0.490 e. The Bertz CT molecular complexity index is 517. The molecule has 1 aromatic carbocycles. The first-order valence-corrected chi connectivity index (χ1v) is 7.18. The van der Waals surface area contributed by atoms with Crippen molar-refractivity contribution in [1.29, 1.82) is 0 Å². The van der Waals surface area contributed by atoms with Crippen LogP contribution in [0.2, 0.25) is 5.02 Å². The molecule has 0 bridgehead atoms. The fraction of sp³-hybridized carbons (Fsp3) is 0.571. The van der Waals surface area contributed by atoms with E-state index in [0.29, 0.717) is 5.75 Å². The van der Waals surface area contributed by atoms with Gasteiger partial charge in [-0.05, 0) is 18.9 Å². The van der Waals surface area contributed by atoms with Crippen LogP contribution in [0.4, 0.5) is 5.69 Å². The summed E-state index contributed by atoms with van der Waals surface area (Å²) in [7, 11) is 0. The van der Waals surface area contributed by atoms with Crippen molar-refractivity contribution in [2.24, 2.45) is 11.1 Å². The van der Waals surface area contributed by atoms with E-state index in [1.165, 1.54) is 12.1 Å². The van der Waals surface area contributed by atoms with E-state index < -0.39 is 4.92 Å². The van der Waals surface area contributed by atoms with Gasteiger partial charge in [0.1, 0.15) is 16.9 Å². The topological polar surface area (TPSA) is 78.4 Å². The molecule has 0 amide bonds. The highest BCUT2D eigenvalue weighted by atomic mass is 35.5. The van der Waals surface area contributed by atoms with Crippen LogP contribution in [-0.4, -0.2) is 17.1 Å². The van der Waals surface area contributed by atoms with Crippen LogP contribution in [-0.2, 0) is 0 Å². The Morgan fingerprint density at radius 3 is 2.60 bits per heavy atom. The Balaban J connectivity index is 2.15. The molecule has 2 unspecified atom stereocenters. The Labute approximate surface area is 123 Å². The number of benzene rings is 1. The predicted molar refractivity (Wildman–Crippen MR) is 78.1 cm³/mol. The van der Waals surface area contributed by atoms with E-state index in [1.807, 2.05) is 0 Å². The predicted octanol–water partition coefficient (Wildman–Crippen LogP) is 3.53. The van der Waals surface area contributed by atoms with Gasteiger partial charge in [-0.25, -0.2) is 0 Å². The zero-order valence-electron chi connectivity index (χ0n) is 11.6. The summed E-state index contributed by atoms with van der Waals surface area (Å²) in [4.78, 5) is 10.2. The molecule has 1 saturated carbocycles. The molecular weight excluding hydrogens is 280 g/mol. The fourth-order valence-electron chi connectivity index (χ4n) is 3.05. The molecule has 1 fully saturated rings. The highest BCUT2D eigenvalue weighted by molar-refractivity contribution is 6.32. The maximum atomic E-state index is 10.7. The monoisotopic (exact) mass is 298 g/mol. The normalized spacial score (nSPS) is 24.0. The highest BCUT2D eigenvalue weighted by Gasteiger charge is 2.52. The maximum Gasteiger partial charge on any atom is 0.288 e. The molecule has 0 spiro atoms. The molecule has 2 rings (SSSR count). The second-order valence-corrected chi connectivity index (χ2v) is 5.67. The van der Waals surface area contributed by atoms with Gasteiger partial charge in [0.2, 0.25) is 0 Å². The Morgan fingerprint density at radius 1 is 1.50 bits per heavy atom. The summed E-state index contributed by atoms with van der Waals surface area (Å²) in [5.41, 5.74) is 6.01. The molecular formula is C14H19ClN2O3. The van der Waals surface area contributed by atoms with Crippen LogP contribution >= 0.6 is 11.6 Å². The van der Waals surface area contributed by atoms with Gasteiger partial charge in [-0.2, -0.15) is 0 Å². The lowest BCUT2D eigenvalue weighted by molar-refractivity contribution is -0.384. The lowest BCUT2D eigenvalue weighted by Gasteiger charge is -2.53. The van der Waals surface area contributed by atoms with Crippen molar-refractivity contribution in [3.63, 3.8) is 0 Å². The molecule has 1 aliphatic rings. The molecule has 0 radical (unpaired) electrons. The summed E-state index contributed by atoms with van der Waals surface area (Å²) < 4.78 is 5.95. The van der Waals surface area contributed by atoms with Gasteiger partial charge in [-0.3, -0.25) is 10.1 Å². The largest absolute Gasteiger partial charge is 0.490 e. The SMILES string of the molecule is CCC1(CC)C(N)CC1Oc1ccc([N+](=O)[O-])c(Cl)c1. The summed E-state index contributed by atoms with van der Waals surface area (Å²) in [6.07, 6.45) is 2.76. The average Bonchev–Trinajstić information content (AvgIpc) is 2.39. The van der Waals surface area contributed by atoms with Crippen molar-refractivity contribution >= 4 is 17.3 Å². The molecule has 0 aliphatic heterocycles. The Kier molecular flexibility index (Phi) is 4.20. The molecule has 1 aliphatic carbocycles. The minimum absolute atomic E-state index is 0.00570. The molecule has 20 heavy (non-hydrogen) atoms. The second kappa shape index (κ2) is 5.58. The van der Waals surface area contributed by atoms with Crippen molar-refractivity contribution in [3.8, 4) is 5.75 Å². The van der Waals surface area contributed by atoms with Gasteiger partial charge in [0, 0.05) is 30.0 Å². The van der Waals surface area contributed by atoms with Crippen molar-refractivity contribution < 1.29 is 9.66 Å².